The molecule has 1 saturated heterocycles. The third-order valence-corrected chi connectivity index (χ3v) is 4.95. The summed E-state index contributed by atoms with van der Waals surface area (Å²) in [5.74, 6) is 0. The highest BCUT2D eigenvalue weighted by Gasteiger charge is 2.38. The first-order valence-corrected chi connectivity index (χ1v) is 9.38. The number of azide groups is 1. The molecule has 4 atom stereocenters. The maximum absolute atomic E-state index is 11.3. The molecule has 1 fully saturated rings. The summed E-state index contributed by atoms with van der Waals surface area (Å²) in [5, 5.41) is 3.74. The van der Waals surface area contributed by atoms with Crippen molar-refractivity contribution in [1.29, 1.82) is 0 Å². The molecule has 1 aromatic carbocycles. The van der Waals surface area contributed by atoms with Gasteiger partial charge in [-0.05, 0) is 31.0 Å². The zero-order chi connectivity index (χ0) is 16.2. The molecule has 0 unspecified atom stereocenters. The van der Waals surface area contributed by atoms with Crippen molar-refractivity contribution in [2.45, 2.75) is 41.9 Å². The first-order chi connectivity index (χ1) is 10.4. The van der Waals surface area contributed by atoms with E-state index in [2.05, 4.69) is 10.0 Å². The van der Waals surface area contributed by atoms with Gasteiger partial charge in [-0.15, -0.1) is 0 Å². The quantitative estimate of drug-likeness (QED) is 0.354. The Kier molecular flexibility index (Phi) is 5.71. The van der Waals surface area contributed by atoms with Crippen LogP contribution < -0.4 is 0 Å². The molecule has 9 heteroatoms. The molecule has 1 aliphatic rings. The van der Waals surface area contributed by atoms with Crippen LogP contribution in [0, 0.1) is 0 Å². The zero-order valence-corrected chi connectivity index (χ0v) is 13.8. The van der Waals surface area contributed by atoms with Crippen LogP contribution in [0.15, 0.2) is 40.3 Å². The summed E-state index contributed by atoms with van der Waals surface area (Å²) in [6.07, 6.45) is 0.217. The van der Waals surface area contributed by atoms with Crippen LogP contribution in [0.1, 0.15) is 13.3 Å². The van der Waals surface area contributed by atoms with E-state index in [9.17, 15) is 8.42 Å². The van der Waals surface area contributed by atoms with E-state index in [4.69, 9.17) is 14.5 Å². The molecule has 120 valence electrons. The van der Waals surface area contributed by atoms with Gasteiger partial charge in [-0.25, -0.2) is 0 Å². The van der Waals surface area contributed by atoms with Crippen molar-refractivity contribution in [3.05, 3.63) is 40.8 Å². The van der Waals surface area contributed by atoms with Gasteiger partial charge in [-0.3, -0.25) is 4.18 Å². The molecule has 0 N–H and O–H groups in total. The van der Waals surface area contributed by atoms with Crippen LogP contribution >= 0.6 is 11.8 Å². The Hall–Kier alpha value is -1.25. The smallest absolute Gasteiger partial charge is 0.264 e. The van der Waals surface area contributed by atoms with Crippen molar-refractivity contribution in [1.82, 2.24) is 0 Å². The van der Waals surface area contributed by atoms with E-state index in [1.54, 1.807) is 6.92 Å². The molecular weight excluding hydrogens is 326 g/mol. The molecule has 0 bridgehead atoms. The maximum Gasteiger partial charge on any atom is 0.264 e. The van der Waals surface area contributed by atoms with Crippen LogP contribution in [0.4, 0.5) is 0 Å². The highest BCUT2D eigenvalue weighted by molar-refractivity contribution is 7.99. The summed E-state index contributed by atoms with van der Waals surface area (Å²) in [4.78, 5) is 3.82. The van der Waals surface area contributed by atoms with Crippen LogP contribution in [-0.4, -0.2) is 38.4 Å². The van der Waals surface area contributed by atoms with Crippen molar-refractivity contribution in [2.75, 3.05) is 6.26 Å². The van der Waals surface area contributed by atoms with Gasteiger partial charge >= 0.3 is 0 Å². The number of benzene rings is 1. The lowest BCUT2D eigenvalue weighted by atomic mass is 10.0. The Labute approximate surface area is 133 Å². The third kappa shape index (κ3) is 4.89. The van der Waals surface area contributed by atoms with E-state index in [1.807, 2.05) is 30.3 Å². The molecule has 0 spiro atoms. The van der Waals surface area contributed by atoms with Crippen molar-refractivity contribution in [3.63, 3.8) is 0 Å². The summed E-state index contributed by atoms with van der Waals surface area (Å²) in [7, 11) is -3.59. The predicted molar refractivity (Wildman–Crippen MR) is 83.9 cm³/mol. The van der Waals surface area contributed by atoms with E-state index < -0.39 is 28.4 Å². The topological polar surface area (TPSA) is 101 Å². The molecule has 0 radical (unpaired) electrons. The Morgan fingerprint density at radius 2 is 2.09 bits per heavy atom. The van der Waals surface area contributed by atoms with Gasteiger partial charge in [0.1, 0.15) is 11.5 Å². The van der Waals surface area contributed by atoms with Gasteiger partial charge in [-0.1, -0.05) is 35.1 Å². The van der Waals surface area contributed by atoms with E-state index in [1.165, 1.54) is 11.8 Å². The van der Waals surface area contributed by atoms with Crippen molar-refractivity contribution in [2.24, 2.45) is 5.11 Å². The molecule has 0 saturated carbocycles. The Morgan fingerprint density at radius 1 is 1.41 bits per heavy atom. The zero-order valence-electron chi connectivity index (χ0n) is 12.2. The Morgan fingerprint density at radius 3 is 2.68 bits per heavy atom. The van der Waals surface area contributed by atoms with E-state index in [0.717, 1.165) is 11.2 Å². The number of thioether (sulfide) groups is 1. The Bertz CT molecular complexity index is 647. The largest absolute Gasteiger partial charge is 0.361 e. The maximum atomic E-state index is 11.3. The number of hydrogen-bond donors (Lipinski definition) is 0. The van der Waals surface area contributed by atoms with Gasteiger partial charge < -0.3 is 4.74 Å². The van der Waals surface area contributed by atoms with Crippen molar-refractivity contribution in [3.8, 4) is 0 Å². The fraction of sp³-hybridized carbons (Fsp3) is 0.538. The van der Waals surface area contributed by atoms with E-state index >= 15 is 0 Å². The summed E-state index contributed by atoms with van der Waals surface area (Å²) >= 11 is 1.44. The van der Waals surface area contributed by atoms with Gasteiger partial charge in [-0.2, -0.15) is 8.42 Å². The van der Waals surface area contributed by atoms with Crippen LogP contribution in [0.3, 0.4) is 0 Å². The molecule has 1 heterocycles. The van der Waals surface area contributed by atoms with E-state index in [0.29, 0.717) is 6.42 Å². The minimum Gasteiger partial charge on any atom is -0.361 e. The third-order valence-electron chi connectivity index (χ3n) is 3.15. The lowest BCUT2D eigenvalue weighted by Crippen LogP contribution is -2.45. The average molecular weight is 343 g/mol. The average Bonchev–Trinajstić information content (AvgIpc) is 2.43. The van der Waals surface area contributed by atoms with Crippen LogP contribution in [0.25, 0.3) is 10.4 Å². The summed E-state index contributed by atoms with van der Waals surface area (Å²) in [5.41, 5.74) is 8.34. The van der Waals surface area contributed by atoms with Crippen molar-refractivity contribution >= 4 is 21.9 Å². The van der Waals surface area contributed by atoms with Gasteiger partial charge in [0, 0.05) is 9.81 Å². The van der Waals surface area contributed by atoms with Crippen molar-refractivity contribution < 1.29 is 17.3 Å². The fourth-order valence-corrected chi connectivity index (χ4v) is 4.00. The first kappa shape index (κ1) is 17.1. The minimum absolute atomic E-state index is 0.294. The second kappa shape index (κ2) is 7.34. The molecule has 0 aliphatic carbocycles. The summed E-state index contributed by atoms with van der Waals surface area (Å²) < 4.78 is 33.4. The normalized spacial score (nSPS) is 28.8. The lowest BCUT2D eigenvalue weighted by Gasteiger charge is -2.37. The second-order valence-corrected chi connectivity index (χ2v) is 7.76. The standard InChI is InChI=1S/C13H17N3O4S2/c1-9-12(20-22(2,17)18)8-11(15-16-14)13(19-9)21-10-6-4-3-5-7-10/h3-7,9,11-13H,8H2,1-2H3/t9-,11-,12+,13+/m1/s1. The second-order valence-electron chi connectivity index (χ2n) is 4.99. The molecular formula is C13H17N3O4S2. The number of nitrogens with zero attached hydrogens (tertiary/aromatic N) is 3. The number of ether oxygens (including phenoxy) is 1. The van der Waals surface area contributed by atoms with Crippen LogP contribution in [-0.2, 0) is 19.0 Å². The van der Waals surface area contributed by atoms with E-state index in [-0.39, 0.29) is 5.44 Å². The first-order valence-electron chi connectivity index (χ1n) is 6.68. The molecule has 1 aliphatic heterocycles. The van der Waals surface area contributed by atoms with Gasteiger partial charge in [0.25, 0.3) is 10.1 Å². The molecule has 0 aromatic heterocycles. The Balaban J connectivity index is 2.13. The molecule has 22 heavy (non-hydrogen) atoms. The molecule has 7 nitrogen and oxygen atoms in total. The molecule has 0 amide bonds. The van der Waals surface area contributed by atoms with Crippen LogP contribution in [0.2, 0.25) is 0 Å². The summed E-state index contributed by atoms with van der Waals surface area (Å²) in [6.45, 7) is 1.75. The van der Waals surface area contributed by atoms with Gasteiger partial charge in [0.05, 0.1) is 18.4 Å². The minimum atomic E-state index is -3.59. The number of hydrogen-bond acceptors (Lipinski definition) is 6. The predicted octanol–water partition coefficient (Wildman–Crippen LogP) is 2.94. The molecule has 2 rings (SSSR count). The molecule has 1 aromatic rings. The SMILES string of the molecule is C[C@H]1O[C@@H](Sc2ccccc2)[C@H](N=[N+]=[N-])C[C@@H]1OS(C)(=O)=O. The van der Waals surface area contributed by atoms with Crippen LogP contribution in [0.5, 0.6) is 0 Å². The highest BCUT2D eigenvalue weighted by atomic mass is 32.2. The highest BCUT2D eigenvalue weighted by Crippen LogP contribution is 2.35. The lowest BCUT2D eigenvalue weighted by molar-refractivity contribution is -0.0725. The fourth-order valence-electron chi connectivity index (χ4n) is 2.18. The monoisotopic (exact) mass is 343 g/mol. The van der Waals surface area contributed by atoms with Gasteiger partial charge in [0.2, 0.25) is 0 Å². The number of rotatable bonds is 5. The summed E-state index contributed by atoms with van der Waals surface area (Å²) in [6, 6.07) is 9.10. The van der Waals surface area contributed by atoms with Gasteiger partial charge in [0.15, 0.2) is 0 Å².